The largest absolute Gasteiger partial charge is 0.455 e. The van der Waals surface area contributed by atoms with Crippen LogP contribution in [0.3, 0.4) is 0 Å². The number of carbonyl (C=O) groups is 1. The van der Waals surface area contributed by atoms with Gasteiger partial charge < -0.3 is 15.0 Å². The zero-order valence-electron chi connectivity index (χ0n) is 14.2. The lowest BCUT2D eigenvalue weighted by Gasteiger charge is -2.13. The number of hydrogen-bond donors (Lipinski definition) is 2. The quantitative estimate of drug-likeness (QED) is 0.656. The van der Waals surface area contributed by atoms with Gasteiger partial charge in [0.05, 0.1) is 5.69 Å². The molecule has 0 aliphatic carbocycles. The molecule has 0 saturated carbocycles. The minimum atomic E-state index is -4.00. The van der Waals surface area contributed by atoms with Gasteiger partial charge in [0, 0.05) is 18.3 Å². The fourth-order valence-electron chi connectivity index (χ4n) is 2.42. The first-order valence-electron chi connectivity index (χ1n) is 7.78. The molecule has 27 heavy (non-hydrogen) atoms. The van der Waals surface area contributed by atoms with Gasteiger partial charge in [0.15, 0.2) is 5.75 Å². The normalized spacial score (nSPS) is 11.2. The number of nitrogens with two attached hydrogens (primary N) is 1. The predicted molar refractivity (Wildman–Crippen MR) is 103 cm³/mol. The lowest BCUT2D eigenvalue weighted by molar-refractivity contribution is 0.0992. The van der Waals surface area contributed by atoms with Crippen LogP contribution in [0.4, 0.5) is 5.69 Å². The first-order valence-corrected chi connectivity index (χ1v) is 9.64. The van der Waals surface area contributed by atoms with Crippen LogP contribution in [0, 0.1) is 0 Å². The highest BCUT2D eigenvalue weighted by Crippen LogP contribution is 2.33. The molecule has 3 aromatic rings. The number of halogens is 1. The van der Waals surface area contributed by atoms with Crippen LogP contribution < -0.4 is 15.2 Å². The van der Waals surface area contributed by atoms with E-state index >= 15 is 0 Å². The Hall–Kier alpha value is -2.97. The van der Waals surface area contributed by atoms with Crippen molar-refractivity contribution < 1.29 is 17.9 Å². The average Bonchev–Trinajstić information content (AvgIpc) is 3.01. The van der Waals surface area contributed by atoms with Gasteiger partial charge in [0.25, 0.3) is 15.9 Å². The number of benzene rings is 2. The second kappa shape index (κ2) is 7.34. The topological polar surface area (TPSA) is 103 Å². The fourth-order valence-corrected chi connectivity index (χ4v) is 3.72. The maximum absolute atomic E-state index is 12.7. The molecule has 1 aromatic heterocycles. The van der Waals surface area contributed by atoms with Crippen LogP contribution >= 0.6 is 11.6 Å². The summed E-state index contributed by atoms with van der Waals surface area (Å²) in [5.74, 6) is 0.0889. The van der Waals surface area contributed by atoms with E-state index in [0.29, 0.717) is 10.8 Å². The molecule has 1 amide bonds. The first-order chi connectivity index (χ1) is 12.8. The van der Waals surface area contributed by atoms with Crippen LogP contribution in [0.1, 0.15) is 10.5 Å². The lowest BCUT2D eigenvalue weighted by Crippen LogP contribution is -2.14. The molecule has 0 radical (unpaired) electrons. The lowest BCUT2D eigenvalue weighted by atomic mass is 10.3. The van der Waals surface area contributed by atoms with E-state index in [-0.39, 0.29) is 22.0 Å². The number of nitrogens with one attached hydrogen (secondary N) is 1. The Balaban J connectivity index is 1.95. The van der Waals surface area contributed by atoms with Gasteiger partial charge in [-0.2, -0.15) is 0 Å². The van der Waals surface area contributed by atoms with Crippen molar-refractivity contribution in [2.24, 2.45) is 12.8 Å². The Labute approximate surface area is 161 Å². The summed E-state index contributed by atoms with van der Waals surface area (Å²) in [5, 5.41) is 0.332. The second-order valence-corrected chi connectivity index (χ2v) is 7.82. The molecule has 3 N–H and O–H groups in total. The number of aromatic nitrogens is 1. The van der Waals surface area contributed by atoms with E-state index in [9.17, 15) is 13.2 Å². The SMILES string of the molecule is Cn1cc(S(=O)(=O)Nc2cc(Cl)ccc2Oc2ccccc2)cc1C(N)=O. The summed E-state index contributed by atoms with van der Waals surface area (Å²) in [6.45, 7) is 0. The van der Waals surface area contributed by atoms with Crippen molar-refractivity contribution in [1.29, 1.82) is 0 Å². The van der Waals surface area contributed by atoms with Crippen molar-refractivity contribution in [1.82, 2.24) is 4.57 Å². The number of primary amides is 1. The standard InChI is InChI=1S/C18H16ClN3O4S/c1-22-11-14(10-16(22)18(20)23)27(24,25)21-15-9-12(19)7-8-17(15)26-13-5-3-2-4-6-13/h2-11,21H,1H3,(H2,20,23). The third kappa shape index (κ3) is 4.24. The molecule has 0 aliphatic heterocycles. The minimum absolute atomic E-state index is 0.0715. The number of carbonyl (C=O) groups excluding carboxylic acids is 1. The number of nitrogens with zero attached hydrogens (tertiary/aromatic N) is 1. The summed E-state index contributed by atoms with van der Waals surface area (Å²) in [4.78, 5) is 11.3. The van der Waals surface area contributed by atoms with Crippen LogP contribution in [-0.2, 0) is 17.1 Å². The van der Waals surface area contributed by atoms with Gasteiger partial charge in [-0.05, 0) is 36.4 Å². The van der Waals surface area contributed by atoms with E-state index in [1.165, 1.54) is 29.9 Å². The number of ether oxygens (including phenoxy) is 1. The predicted octanol–water partition coefficient (Wildman–Crippen LogP) is 3.37. The third-order valence-corrected chi connectivity index (χ3v) is 5.27. The van der Waals surface area contributed by atoms with E-state index in [4.69, 9.17) is 22.1 Å². The van der Waals surface area contributed by atoms with Gasteiger partial charge in [-0.3, -0.25) is 9.52 Å². The van der Waals surface area contributed by atoms with E-state index in [2.05, 4.69) is 4.72 Å². The average molecular weight is 406 g/mol. The molecule has 3 rings (SSSR count). The van der Waals surface area contributed by atoms with E-state index in [1.54, 1.807) is 36.4 Å². The van der Waals surface area contributed by atoms with Gasteiger partial charge in [-0.1, -0.05) is 29.8 Å². The molecule has 9 heteroatoms. The Morgan fingerprint density at radius 3 is 2.48 bits per heavy atom. The molecular weight excluding hydrogens is 390 g/mol. The monoisotopic (exact) mass is 405 g/mol. The van der Waals surface area contributed by atoms with E-state index < -0.39 is 15.9 Å². The number of amides is 1. The van der Waals surface area contributed by atoms with Gasteiger partial charge in [-0.25, -0.2) is 8.42 Å². The summed E-state index contributed by atoms with van der Waals surface area (Å²) in [5.41, 5.74) is 5.48. The zero-order valence-corrected chi connectivity index (χ0v) is 15.8. The maximum atomic E-state index is 12.7. The second-order valence-electron chi connectivity index (χ2n) is 5.70. The molecule has 0 aliphatic rings. The van der Waals surface area contributed by atoms with Gasteiger partial charge in [0.2, 0.25) is 0 Å². The molecule has 0 saturated heterocycles. The molecule has 7 nitrogen and oxygen atoms in total. The molecule has 0 spiro atoms. The van der Waals surface area contributed by atoms with E-state index in [0.717, 1.165) is 0 Å². The van der Waals surface area contributed by atoms with Crippen molar-refractivity contribution in [2.45, 2.75) is 4.90 Å². The number of sulfonamides is 1. The first kappa shape index (κ1) is 18.8. The Kier molecular flexibility index (Phi) is 5.11. The number of aryl methyl sites for hydroxylation is 1. The Bertz CT molecular complexity index is 1100. The Morgan fingerprint density at radius 2 is 1.85 bits per heavy atom. The highest BCUT2D eigenvalue weighted by Gasteiger charge is 2.21. The van der Waals surface area contributed by atoms with Crippen molar-refractivity contribution >= 4 is 33.2 Å². The van der Waals surface area contributed by atoms with Gasteiger partial charge >= 0.3 is 0 Å². The molecule has 0 bridgehead atoms. The number of hydrogen-bond acceptors (Lipinski definition) is 4. The van der Waals surface area contributed by atoms with Crippen molar-refractivity contribution in [2.75, 3.05) is 4.72 Å². The summed E-state index contributed by atoms with van der Waals surface area (Å²) in [7, 11) is -2.47. The van der Waals surface area contributed by atoms with E-state index in [1.807, 2.05) is 6.07 Å². The maximum Gasteiger partial charge on any atom is 0.265 e. The number of rotatable bonds is 6. The third-order valence-electron chi connectivity index (χ3n) is 3.70. The summed E-state index contributed by atoms with van der Waals surface area (Å²) in [6.07, 6.45) is 1.30. The highest BCUT2D eigenvalue weighted by atomic mass is 35.5. The van der Waals surface area contributed by atoms with Crippen LogP contribution in [0.2, 0.25) is 5.02 Å². The number of anilines is 1. The van der Waals surface area contributed by atoms with Crippen LogP contribution in [-0.4, -0.2) is 18.9 Å². The van der Waals surface area contributed by atoms with Crippen LogP contribution in [0.25, 0.3) is 0 Å². The van der Waals surface area contributed by atoms with Crippen molar-refractivity contribution in [3.05, 3.63) is 71.5 Å². The van der Waals surface area contributed by atoms with Gasteiger partial charge in [0.1, 0.15) is 16.3 Å². The van der Waals surface area contributed by atoms with Crippen LogP contribution in [0.5, 0.6) is 11.5 Å². The highest BCUT2D eigenvalue weighted by molar-refractivity contribution is 7.92. The molecule has 2 aromatic carbocycles. The summed E-state index contributed by atoms with van der Waals surface area (Å²) < 4.78 is 35.0. The Morgan fingerprint density at radius 1 is 1.15 bits per heavy atom. The molecule has 140 valence electrons. The molecule has 0 atom stereocenters. The molecular formula is C18H16ClN3O4S. The zero-order chi connectivity index (χ0) is 19.6. The minimum Gasteiger partial charge on any atom is -0.455 e. The van der Waals surface area contributed by atoms with Gasteiger partial charge in [-0.15, -0.1) is 0 Å². The molecule has 0 fully saturated rings. The smallest absolute Gasteiger partial charge is 0.265 e. The summed E-state index contributed by atoms with van der Waals surface area (Å²) >= 11 is 6.01. The van der Waals surface area contributed by atoms with Crippen molar-refractivity contribution in [3.63, 3.8) is 0 Å². The fraction of sp³-hybridized carbons (Fsp3) is 0.0556. The summed E-state index contributed by atoms with van der Waals surface area (Å²) in [6, 6.07) is 14.7. The number of para-hydroxylation sites is 1. The molecule has 0 unspecified atom stereocenters. The van der Waals surface area contributed by atoms with Crippen molar-refractivity contribution in [3.8, 4) is 11.5 Å². The van der Waals surface area contributed by atoms with Crippen LogP contribution in [0.15, 0.2) is 65.7 Å². The molecule has 1 heterocycles.